The lowest BCUT2D eigenvalue weighted by Crippen LogP contribution is -2.51. The van der Waals surface area contributed by atoms with Crippen LogP contribution in [0.2, 0.25) is 0 Å². The van der Waals surface area contributed by atoms with Gasteiger partial charge in [0.2, 0.25) is 18.6 Å². The van der Waals surface area contributed by atoms with E-state index in [1.54, 1.807) is 7.11 Å². The van der Waals surface area contributed by atoms with Crippen molar-refractivity contribution in [2.45, 2.75) is 25.2 Å². The lowest BCUT2D eigenvalue weighted by molar-refractivity contribution is -0.140. The zero-order chi connectivity index (χ0) is 22.1. The van der Waals surface area contributed by atoms with Gasteiger partial charge < -0.3 is 24.0 Å². The van der Waals surface area contributed by atoms with Gasteiger partial charge in [-0.1, -0.05) is 18.2 Å². The number of benzene rings is 2. The van der Waals surface area contributed by atoms with E-state index >= 15 is 0 Å². The first-order valence-electron chi connectivity index (χ1n) is 11.2. The smallest absolute Gasteiger partial charge is 0.231 e. The molecule has 1 saturated carbocycles. The van der Waals surface area contributed by atoms with Gasteiger partial charge in [0.1, 0.15) is 5.75 Å². The molecule has 2 unspecified atom stereocenters. The summed E-state index contributed by atoms with van der Waals surface area (Å²) in [5, 5.41) is 0. The van der Waals surface area contributed by atoms with Crippen molar-refractivity contribution in [3.05, 3.63) is 53.6 Å². The van der Waals surface area contributed by atoms with Crippen LogP contribution in [0.4, 0.5) is 0 Å². The van der Waals surface area contributed by atoms with Crippen molar-refractivity contribution in [2.75, 3.05) is 40.1 Å². The number of aryl methyl sites for hydroxylation is 1. The number of fused-ring (bicyclic) bond motifs is 1. The molecule has 2 atom stereocenters. The highest BCUT2D eigenvalue weighted by Gasteiger charge is 2.46. The molecule has 2 amide bonds. The number of amides is 2. The Morgan fingerprint density at radius 2 is 1.69 bits per heavy atom. The van der Waals surface area contributed by atoms with Gasteiger partial charge in [-0.05, 0) is 54.2 Å². The normalized spacial score (nSPS) is 21.4. The van der Waals surface area contributed by atoms with E-state index in [1.807, 2.05) is 52.3 Å². The third-order valence-corrected chi connectivity index (χ3v) is 6.66. The maximum atomic E-state index is 13.0. The molecule has 168 valence electrons. The quantitative estimate of drug-likeness (QED) is 0.697. The van der Waals surface area contributed by atoms with E-state index in [0.29, 0.717) is 39.0 Å². The molecule has 0 aromatic heterocycles. The fourth-order valence-electron chi connectivity index (χ4n) is 4.59. The Balaban J connectivity index is 1.08. The Hall–Kier alpha value is -3.22. The van der Waals surface area contributed by atoms with E-state index < -0.39 is 0 Å². The highest BCUT2D eigenvalue weighted by molar-refractivity contribution is 5.83. The van der Waals surface area contributed by atoms with Crippen molar-refractivity contribution in [3.8, 4) is 17.2 Å². The topological polar surface area (TPSA) is 68.3 Å². The van der Waals surface area contributed by atoms with Crippen molar-refractivity contribution >= 4 is 11.8 Å². The molecule has 32 heavy (non-hydrogen) atoms. The Bertz CT molecular complexity index is 998. The number of hydrogen-bond donors (Lipinski definition) is 0. The summed E-state index contributed by atoms with van der Waals surface area (Å²) in [6.07, 6.45) is 2.07. The molecule has 0 radical (unpaired) electrons. The Morgan fingerprint density at radius 1 is 0.969 bits per heavy atom. The molecule has 7 heteroatoms. The summed E-state index contributed by atoms with van der Waals surface area (Å²) in [7, 11) is 1.64. The molecule has 0 spiro atoms. The first kappa shape index (κ1) is 20.7. The van der Waals surface area contributed by atoms with Crippen LogP contribution in [0, 0.1) is 5.92 Å². The molecule has 0 bridgehead atoms. The van der Waals surface area contributed by atoms with Gasteiger partial charge >= 0.3 is 0 Å². The zero-order valence-corrected chi connectivity index (χ0v) is 18.3. The van der Waals surface area contributed by atoms with E-state index in [-0.39, 0.29) is 30.4 Å². The fourth-order valence-corrected chi connectivity index (χ4v) is 4.59. The van der Waals surface area contributed by atoms with Crippen molar-refractivity contribution in [1.82, 2.24) is 9.80 Å². The van der Waals surface area contributed by atoms with Crippen LogP contribution < -0.4 is 14.2 Å². The van der Waals surface area contributed by atoms with Gasteiger partial charge in [-0.25, -0.2) is 0 Å². The molecule has 2 heterocycles. The van der Waals surface area contributed by atoms with Crippen molar-refractivity contribution < 1.29 is 23.8 Å². The number of rotatable bonds is 6. The number of ether oxygens (including phenoxy) is 3. The lowest BCUT2D eigenvalue weighted by atomic mass is 10.1. The predicted octanol–water partition coefficient (Wildman–Crippen LogP) is 2.83. The second-order valence-electron chi connectivity index (χ2n) is 8.62. The van der Waals surface area contributed by atoms with Gasteiger partial charge in [0.05, 0.1) is 7.11 Å². The fraction of sp³-hybridized carbons (Fsp3) is 0.440. The van der Waals surface area contributed by atoms with Crippen molar-refractivity contribution in [2.24, 2.45) is 5.92 Å². The van der Waals surface area contributed by atoms with Gasteiger partial charge in [-0.2, -0.15) is 0 Å². The summed E-state index contributed by atoms with van der Waals surface area (Å²) >= 11 is 0. The van der Waals surface area contributed by atoms with E-state index in [4.69, 9.17) is 14.2 Å². The summed E-state index contributed by atoms with van der Waals surface area (Å²) in [6, 6.07) is 13.8. The van der Waals surface area contributed by atoms with Gasteiger partial charge in [0.25, 0.3) is 0 Å². The van der Waals surface area contributed by atoms with Crippen molar-refractivity contribution in [3.63, 3.8) is 0 Å². The van der Waals surface area contributed by atoms with Gasteiger partial charge in [0, 0.05) is 38.5 Å². The van der Waals surface area contributed by atoms with Crippen LogP contribution in [-0.2, 0) is 16.0 Å². The van der Waals surface area contributed by atoms with E-state index in [1.165, 1.54) is 0 Å². The molecular weight excluding hydrogens is 408 g/mol. The van der Waals surface area contributed by atoms with Crippen LogP contribution >= 0.6 is 0 Å². The molecule has 2 aliphatic heterocycles. The summed E-state index contributed by atoms with van der Waals surface area (Å²) < 4.78 is 16.0. The van der Waals surface area contributed by atoms with E-state index in [2.05, 4.69) is 0 Å². The molecule has 0 N–H and O–H groups in total. The highest BCUT2D eigenvalue weighted by Crippen LogP contribution is 2.50. The molecular formula is C25H28N2O5. The first-order chi connectivity index (χ1) is 15.6. The summed E-state index contributed by atoms with van der Waals surface area (Å²) in [5.41, 5.74) is 2.26. The van der Waals surface area contributed by atoms with Crippen LogP contribution in [0.1, 0.15) is 29.9 Å². The molecule has 1 saturated heterocycles. The molecule has 5 rings (SSSR count). The van der Waals surface area contributed by atoms with Crippen LogP contribution in [0.3, 0.4) is 0 Å². The average Bonchev–Trinajstić information content (AvgIpc) is 3.51. The van der Waals surface area contributed by atoms with Crippen molar-refractivity contribution in [1.29, 1.82) is 0 Å². The number of carbonyl (C=O) groups is 2. The minimum Gasteiger partial charge on any atom is -0.497 e. The third kappa shape index (κ3) is 4.24. The molecule has 3 aliphatic rings. The second-order valence-corrected chi connectivity index (χ2v) is 8.62. The number of methoxy groups -OCH3 is 1. The molecule has 2 fully saturated rings. The Kier molecular flexibility index (Phi) is 5.64. The van der Waals surface area contributed by atoms with Crippen LogP contribution in [0.5, 0.6) is 17.2 Å². The monoisotopic (exact) mass is 436 g/mol. The lowest BCUT2D eigenvalue weighted by Gasteiger charge is -2.35. The first-order valence-corrected chi connectivity index (χ1v) is 11.2. The molecule has 1 aliphatic carbocycles. The summed E-state index contributed by atoms with van der Waals surface area (Å²) in [5.74, 6) is 2.99. The van der Waals surface area contributed by atoms with E-state index in [9.17, 15) is 9.59 Å². The van der Waals surface area contributed by atoms with Crippen LogP contribution in [-0.4, -0.2) is 61.7 Å². The molecule has 2 aromatic rings. The summed E-state index contributed by atoms with van der Waals surface area (Å²) in [6.45, 7) is 2.69. The standard InChI is InChI=1S/C25H28N2O5/c1-30-19-6-2-17(3-7-19)4-9-24(28)26-10-12-27(13-11-26)25(29)21-15-20(21)18-5-8-22-23(14-18)32-16-31-22/h2-3,5-8,14,20-21H,4,9-13,15-16H2,1H3. The third-order valence-electron chi connectivity index (χ3n) is 6.66. The summed E-state index contributed by atoms with van der Waals surface area (Å²) in [4.78, 5) is 29.4. The number of carbonyl (C=O) groups excluding carboxylic acids is 2. The van der Waals surface area contributed by atoms with Gasteiger partial charge in [-0.15, -0.1) is 0 Å². The maximum Gasteiger partial charge on any atom is 0.231 e. The molecule has 2 aromatic carbocycles. The number of hydrogen-bond acceptors (Lipinski definition) is 5. The van der Waals surface area contributed by atoms with Crippen LogP contribution in [0.15, 0.2) is 42.5 Å². The Labute approximate surface area is 187 Å². The predicted molar refractivity (Wildman–Crippen MR) is 118 cm³/mol. The second kappa shape index (κ2) is 8.73. The zero-order valence-electron chi connectivity index (χ0n) is 18.3. The minimum atomic E-state index is 0.0349. The molecule has 7 nitrogen and oxygen atoms in total. The number of piperazine rings is 1. The maximum absolute atomic E-state index is 13.0. The Morgan fingerprint density at radius 3 is 2.44 bits per heavy atom. The largest absolute Gasteiger partial charge is 0.497 e. The average molecular weight is 437 g/mol. The minimum absolute atomic E-state index is 0.0349. The van der Waals surface area contributed by atoms with Crippen LogP contribution in [0.25, 0.3) is 0 Å². The highest BCUT2D eigenvalue weighted by atomic mass is 16.7. The van der Waals surface area contributed by atoms with Gasteiger partial charge in [0.15, 0.2) is 11.5 Å². The van der Waals surface area contributed by atoms with E-state index in [0.717, 1.165) is 34.8 Å². The SMILES string of the molecule is COc1ccc(CCC(=O)N2CCN(C(=O)C3CC3c3ccc4c(c3)OCO4)CC2)cc1. The van der Waals surface area contributed by atoms with Gasteiger partial charge in [-0.3, -0.25) is 9.59 Å². The number of nitrogens with zero attached hydrogens (tertiary/aromatic N) is 2.